The highest BCUT2D eigenvalue weighted by atomic mass is 35.5. The third-order valence-electron chi connectivity index (χ3n) is 4.13. The molecule has 0 unspecified atom stereocenters. The standard InChI is InChI=1S/C18H20FN3O3.2ClH/c19-14-1-3-15(4-2-14)25-16-11-13(5-8-21-16)12-22-17(23)18(20)6-9-24-10-7-18;;/h1-5,8,11H,6-7,9-10,12,20H2,(H,22,23);2*1H. The van der Waals surface area contributed by atoms with E-state index in [0.717, 1.165) is 5.56 Å². The predicted molar refractivity (Wildman–Crippen MR) is 104 cm³/mol. The molecule has 0 saturated carbocycles. The third kappa shape index (κ3) is 6.32. The van der Waals surface area contributed by atoms with Crippen LogP contribution in [-0.2, 0) is 16.1 Å². The Balaban J connectivity index is 0.00000182. The molecule has 1 aliphatic rings. The Labute approximate surface area is 169 Å². The zero-order chi connectivity index (χ0) is 17.7. The molecule has 2 heterocycles. The first-order valence-corrected chi connectivity index (χ1v) is 8.08. The number of aromatic nitrogens is 1. The number of ether oxygens (including phenoxy) is 2. The van der Waals surface area contributed by atoms with Gasteiger partial charge in [0.1, 0.15) is 11.6 Å². The van der Waals surface area contributed by atoms with Crippen LogP contribution in [0, 0.1) is 5.82 Å². The molecular weight excluding hydrogens is 396 g/mol. The van der Waals surface area contributed by atoms with E-state index in [4.69, 9.17) is 15.2 Å². The van der Waals surface area contributed by atoms with Crippen molar-refractivity contribution in [2.45, 2.75) is 24.9 Å². The van der Waals surface area contributed by atoms with E-state index in [1.807, 2.05) is 0 Å². The molecule has 1 aromatic carbocycles. The largest absolute Gasteiger partial charge is 0.439 e. The summed E-state index contributed by atoms with van der Waals surface area (Å²) < 4.78 is 23.8. The number of benzene rings is 1. The Hall–Kier alpha value is -1.93. The summed E-state index contributed by atoms with van der Waals surface area (Å²) in [6.07, 6.45) is 2.61. The molecule has 0 bridgehead atoms. The van der Waals surface area contributed by atoms with Crippen molar-refractivity contribution in [2.75, 3.05) is 13.2 Å². The second kappa shape index (κ2) is 10.4. The van der Waals surface area contributed by atoms with Crippen molar-refractivity contribution < 1.29 is 18.7 Å². The summed E-state index contributed by atoms with van der Waals surface area (Å²) in [5.74, 6) is 0.333. The second-order valence-corrected chi connectivity index (χ2v) is 6.01. The minimum absolute atomic E-state index is 0. The molecule has 1 fully saturated rings. The SMILES string of the molecule is Cl.Cl.NC1(C(=O)NCc2ccnc(Oc3ccc(F)cc3)c2)CCOCC1. The molecule has 0 aliphatic carbocycles. The van der Waals surface area contributed by atoms with Crippen LogP contribution in [0.4, 0.5) is 4.39 Å². The molecule has 1 amide bonds. The summed E-state index contributed by atoms with van der Waals surface area (Å²) in [5, 5.41) is 2.86. The fourth-order valence-corrected chi connectivity index (χ4v) is 2.56. The first kappa shape index (κ1) is 23.1. The van der Waals surface area contributed by atoms with Gasteiger partial charge in [-0.15, -0.1) is 24.8 Å². The first-order valence-electron chi connectivity index (χ1n) is 8.08. The van der Waals surface area contributed by atoms with Crippen LogP contribution in [0.3, 0.4) is 0 Å². The summed E-state index contributed by atoms with van der Waals surface area (Å²) in [6, 6.07) is 9.17. The lowest BCUT2D eigenvalue weighted by atomic mass is 9.90. The van der Waals surface area contributed by atoms with Crippen LogP contribution in [0.2, 0.25) is 0 Å². The van der Waals surface area contributed by atoms with Crippen molar-refractivity contribution in [1.82, 2.24) is 10.3 Å². The van der Waals surface area contributed by atoms with Crippen molar-refractivity contribution in [3.05, 3.63) is 54.0 Å². The van der Waals surface area contributed by atoms with Crippen LogP contribution in [-0.4, -0.2) is 29.6 Å². The Morgan fingerprint density at radius 1 is 1.22 bits per heavy atom. The van der Waals surface area contributed by atoms with Gasteiger partial charge in [-0.25, -0.2) is 9.37 Å². The van der Waals surface area contributed by atoms with E-state index in [1.165, 1.54) is 24.3 Å². The zero-order valence-corrected chi connectivity index (χ0v) is 16.2. The molecule has 2 aromatic rings. The van der Waals surface area contributed by atoms with Crippen LogP contribution < -0.4 is 15.8 Å². The van der Waals surface area contributed by atoms with Crippen LogP contribution in [0.25, 0.3) is 0 Å². The molecule has 1 aliphatic heterocycles. The number of carbonyl (C=O) groups is 1. The average Bonchev–Trinajstić information content (AvgIpc) is 2.62. The van der Waals surface area contributed by atoms with Gasteiger partial charge in [0.25, 0.3) is 0 Å². The molecule has 148 valence electrons. The van der Waals surface area contributed by atoms with Crippen LogP contribution in [0.1, 0.15) is 18.4 Å². The van der Waals surface area contributed by atoms with E-state index >= 15 is 0 Å². The highest BCUT2D eigenvalue weighted by molar-refractivity contribution is 5.86. The first-order chi connectivity index (χ1) is 12.0. The van der Waals surface area contributed by atoms with Gasteiger partial charge in [-0.2, -0.15) is 0 Å². The number of hydrogen-bond donors (Lipinski definition) is 2. The van der Waals surface area contributed by atoms with Crippen molar-refractivity contribution in [1.29, 1.82) is 0 Å². The molecule has 9 heteroatoms. The summed E-state index contributed by atoms with van der Waals surface area (Å²) in [7, 11) is 0. The molecule has 1 saturated heterocycles. The van der Waals surface area contributed by atoms with Gasteiger partial charge < -0.3 is 20.5 Å². The highest BCUT2D eigenvalue weighted by Crippen LogP contribution is 2.21. The maximum absolute atomic E-state index is 12.9. The van der Waals surface area contributed by atoms with E-state index in [9.17, 15) is 9.18 Å². The van der Waals surface area contributed by atoms with Crippen molar-refractivity contribution in [2.24, 2.45) is 5.73 Å². The molecule has 0 atom stereocenters. The Morgan fingerprint density at radius 2 is 1.89 bits per heavy atom. The minimum Gasteiger partial charge on any atom is -0.439 e. The summed E-state index contributed by atoms with van der Waals surface area (Å²) in [4.78, 5) is 16.4. The van der Waals surface area contributed by atoms with E-state index in [1.54, 1.807) is 18.3 Å². The van der Waals surface area contributed by atoms with Gasteiger partial charge in [0, 0.05) is 32.0 Å². The number of pyridine rings is 1. The third-order valence-corrected chi connectivity index (χ3v) is 4.13. The lowest BCUT2D eigenvalue weighted by Gasteiger charge is -2.31. The Morgan fingerprint density at radius 3 is 2.56 bits per heavy atom. The van der Waals surface area contributed by atoms with Gasteiger partial charge in [0.2, 0.25) is 11.8 Å². The summed E-state index contributed by atoms with van der Waals surface area (Å²) in [6.45, 7) is 1.31. The van der Waals surface area contributed by atoms with Gasteiger partial charge in [0.05, 0.1) is 5.54 Å². The quantitative estimate of drug-likeness (QED) is 0.780. The number of hydrogen-bond acceptors (Lipinski definition) is 5. The molecule has 3 N–H and O–H groups in total. The van der Waals surface area contributed by atoms with E-state index in [2.05, 4.69) is 10.3 Å². The highest BCUT2D eigenvalue weighted by Gasteiger charge is 2.35. The molecule has 1 aromatic heterocycles. The second-order valence-electron chi connectivity index (χ2n) is 6.01. The Bertz CT molecular complexity index is 741. The molecule has 3 rings (SSSR count). The number of carbonyl (C=O) groups excluding carboxylic acids is 1. The van der Waals surface area contributed by atoms with Crippen molar-refractivity contribution in [3.8, 4) is 11.6 Å². The van der Waals surface area contributed by atoms with E-state index in [-0.39, 0.29) is 36.5 Å². The molecule has 0 radical (unpaired) electrons. The smallest absolute Gasteiger partial charge is 0.240 e. The Kier molecular flexibility index (Phi) is 8.92. The fourth-order valence-electron chi connectivity index (χ4n) is 2.56. The van der Waals surface area contributed by atoms with Crippen molar-refractivity contribution in [3.63, 3.8) is 0 Å². The number of rotatable bonds is 5. The number of nitrogens with one attached hydrogen (secondary N) is 1. The van der Waals surface area contributed by atoms with E-state index < -0.39 is 5.54 Å². The van der Waals surface area contributed by atoms with E-state index in [0.29, 0.717) is 44.2 Å². The normalized spacial score (nSPS) is 15.0. The van der Waals surface area contributed by atoms with Gasteiger partial charge in [-0.1, -0.05) is 0 Å². The molecule has 6 nitrogen and oxygen atoms in total. The topological polar surface area (TPSA) is 86.5 Å². The lowest BCUT2D eigenvalue weighted by Crippen LogP contribution is -2.56. The lowest BCUT2D eigenvalue weighted by molar-refractivity contribution is -0.129. The zero-order valence-electron chi connectivity index (χ0n) is 14.5. The van der Waals surface area contributed by atoms with Gasteiger partial charge in [0.15, 0.2) is 0 Å². The molecular formula is C18H22Cl2FN3O3. The van der Waals surface area contributed by atoms with Gasteiger partial charge in [-0.3, -0.25) is 4.79 Å². The number of halogens is 3. The molecule has 27 heavy (non-hydrogen) atoms. The van der Waals surface area contributed by atoms with Gasteiger partial charge >= 0.3 is 0 Å². The van der Waals surface area contributed by atoms with Crippen LogP contribution >= 0.6 is 24.8 Å². The molecule has 0 spiro atoms. The number of nitrogens with two attached hydrogens (primary N) is 1. The minimum atomic E-state index is -0.876. The number of nitrogens with zero attached hydrogens (tertiary/aromatic N) is 1. The fraction of sp³-hybridized carbons (Fsp3) is 0.333. The predicted octanol–water partition coefficient (Wildman–Crippen LogP) is 2.98. The maximum Gasteiger partial charge on any atom is 0.240 e. The van der Waals surface area contributed by atoms with Crippen LogP contribution in [0.15, 0.2) is 42.6 Å². The maximum atomic E-state index is 12.9. The monoisotopic (exact) mass is 417 g/mol. The summed E-state index contributed by atoms with van der Waals surface area (Å²) in [5.41, 5.74) is 6.10. The van der Waals surface area contributed by atoms with Crippen LogP contribution in [0.5, 0.6) is 11.6 Å². The average molecular weight is 418 g/mol. The van der Waals surface area contributed by atoms with Crippen molar-refractivity contribution >= 4 is 30.7 Å². The van der Waals surface area contributed by atoms with Gasteiger partial charge in [-0.05, 0) is 48.7 Å². The number of amides is 1. The summed E-state index contributed by atoms with van der Waals surface area (Å²) >= 11 is 0.